The predicted octanol–water partition coefficient (Wildman–Crippen LogP) is 3.84. The second-order valence-corrected chi connectivity index (χ2v) is 7.37. The van der Waals surface area contributed by atoms with Gasteiger partial charge in [-0.2, -0.15) is 0 Å². The van der Waals surface area contributed by atoms with Crippen molar-refractivity contribution < 1.29 is 9.59 Å². The molecule has 1 saturated heterocycles. The molecule has 27 heavy (non-hydrogen) atoms. The number of Topliss-reactive ketones (excluding diaryl/α,β-unsaturated/α-hetero) is 1. The first-order valence-electron chi connectivity index (χ1n) is 9.54. The molecule has 2 heterocycles. The molecule has 0 aliphatic carbocycles. The lowest BCUT2D eigenvalue weighted by atomic mass is 9.90. The lowest BCUT2D eigenvalue weighted by molar-refractivity contribution is -0.123. The van der Waals surface area contributed by atoms with Crippen LogP contribution in [0.15, 0.2) is 60.7 Å². The number of carbonyl (C=O) groups is 2. The molecular formula is C23H24N2O2. The number of aromatic nitrogens is 1. The number of para-hydroxylation sites is 1. The predicted molar refractivity (Wildman–Crippen MR) is 107 cm³/mol. The van der Waals surface area contributed by atoms with Crippen LogP contribution in [-0.2, 0) is 18.3 Å². The van der Waals surface area contributed by atoms with Crippen LogP contribution in [0.1, 0.15) is 28.9 Å². The van der Waals surface area contributed by atoms with Gasteiger partial charge in [0, 0.05) is 43.4 Å². The first kappa shape index (κ1) is 17.5. The molecule has 1 atom stereocenters. The minimum absolute atomic E-state index is 0.0194. The van der Waals surface area contributed by atoms with Crippen LogP contribution in [-0.4, -0.2) is 34.2 Å². The Morgan fingerprint density at radius 3 is 2.56 bits per heavy atom. The molecule has 0 bridgehead atoms. The Bertz CT molecular complexity index is 974. The van der Waals surface area contributed by atoms with Crippen molar-refractivity contribution in [1.29, 1.82) is 0 Å². The van der Waals surface area contributed by atoms with Gasteiger partial charge in [0.25, 0.3) is 5.91 Å². The van der Waals surface area contributed by atoms with E-state index in [1.165, 1.54) is 0 Å². The van der Waals surface area contributed by atoms with Crippen molar-refractivity contribution in [2.24, 2.45) is 13.0 Å². The van der Waals surface area contributed by atoms with Gasteiger partial charge in [-0.05, 0) is 30.5 Å². The number of hydrogen-bond acceptors (Lipinski definition) is 2. The van der Waals surface area contributed by atoms with Crippen LogP contribution in [0.3, 0.4) is 0 Å². The Hall–Kier alpha value is -2.88. The van der Waals surface area contributed by atoms with E-state index in [9.17, 15) is 9.59 Å². The molecule has 1 fully saturated rings. The molecule has 0 saturated carbocycles. The van der Waals surface area contributed by atoms with Gasteiger partial charge < -0.3 is 9.47 Å². The van der Waals surface area contributed by atoms with Crippen LogP contribution in [0, 0.1) is 5.92 Å². The second kappa shape index (κ2) is 7.39. The maximum atomic E-state index is 13.1. The van der Waals surface area contributed by atoms with Crippen LogP contribution in [0.5, 0.6) is 0 Å². The average Bonchev–Trinajstić information content (AvgIpc) is 3.05. The Balaban J connectivity index is 1.49. The fourth-order valence-corrected chi connectivity index (χ4v) is 4.02. The van der Waals surface area contributed by atoms with Crippen molar-refractivity contribution in [3.63, 3.8) is 0 Å². The zero-order chi connectivity index (χ0) is 18.8. The molecule has 1 aliphatic heterocycles. The molecule has 0 spiro atoms. The summed E-state index contributed by atoms with van der Waals surface area (Å²) in [6, 6.07) is 19.8. The number of nitrogens with zero attached hydrogens (tertiary/aromatic N) is 2. The van der Waals surface area contributed by atoms with E-state index in [1.54, 1.807) is 0 Å². The van der Waals surface area contributed by atoms with Crippen LogP contribution in [0.4, 0.5) is 0 Å². The third-order valence-corrected chi connectivity index (χ3v) is 5.56. The highest BCUT2D eigenvalue weighted by atomic mass is 16.2. The summed E-state index contributed by atoms with van der Waals surface area (Å²) in [7, 11) is 1.93. The summed E-state index contributed by atoms with van der Waals surface area (Å²) in [6.07, 6.45) is 2.19. The lowest BCUT2D eigenvalue weighted by Gasteiger charge is -2.32. The number of amides is 1. The molecule has 0 radical (unpaired) electrons. The quantitative estimate of drug-likeness (QED) is 0.709. The summed E-state index contributed by atoms with van der Waals surface area (Å²) in [4.78, 5) is 27.7. The molecule has 1 aliphatic rings. The SMILES string of the molecule is Cn1c(C(=O)N2CCC[C@@H](C(=O)Cc3ccccc3)C2)cc2ccccc21. The second-order valence-electron chi connectivity index (χ2n) is 7.37. The summed E-state index contributed by atoms with van der Waals surface area (Å²) in [5.74, 6) is 0.180. The zero-order valence-electron chi connectivity index (χ0n) is 15.6. The van der Waals surface area contributed by atoms with Crippen molar-refractivity contribution in [3.8, 4) is 0 Å². The number of piperidine rings is 1. The number of carbonyl (C=O) groups excluding carboxylic acids is 2. The smallest absolute Gasteiger partial charge is 0.270 e. The van der Waals surface area contributed by atoms with Gasteiger partial charge in [0.05, 0.1) is 0 Å². The zero-order valence-corrected chi connectivity index (χ0v) is 15.6. The van der Waals surface area contributed by atoms with Gasteiger partial charge in [-0.3, -0.25) is 9.59 Å². The van der Waals surface area contributed by atoms with E-state index in [2.05, 4.69) is 0 Å². The van der Waals surface area contributed by atoms with Crippen molar-refractivity contribution in [3.05, 3.63) is 71.9 Å². The number of hydrogen-bond donors (Lipinski definition) is 0. The molecule has 4 heteroatoms. The molecule has 3 aromatic rings. The maximum Gasteiger partial charge on any atom is 0.270 e. The van der Waals surface area contributed by atoms with E-state index < -0.39 is 0 Å². The monoisotopic (exact) mass is 360 g/mol. The fourth-order valence-electron chi connectivity index (χ4n) is 4.02. The van der Waals surface area contributed by atoms with E-state index in [-0.39, 0.29) is 17.6 Å². The summed E-state index contributed by atoms with van der Waals surface area (Å²) < 4.78 is 1.95. The average molecular weight is 360 g/mol. The van der Waals surface area contributed by atoms with Gasteiger partial charge in [-0.15, -0.1) is 0 Å². The van der Waals surface area contributed by atoms with Gasteiger partial charge >= 0.3 is 0 Å². The van der Waals surface area contributed by atoms with Gasteiger partial charge in [-0.1, -0.05) is 48.5 Å². The van der Waals surface area contributed by atoms with Gasteiger partial charge in [-0.25, -0.2) is 0 Å². The standard InChI is InChI=1S/C23H24N2O2/c1-24-20-12-6-5-10-18(20)15-21(24)23(27)25-13-7-11-19(16-25)22(26)14-17-8-3-2-4-9-17/h2-6,8-10,12,15,19H,7,11,13-14,16H2,1H3/t19-/m1/s1. The van der Waals surface area contributed by atoms with Gasteiger partial charge in [0.15, 0.2) is 0 Å². The molecule has 1 amide bonds. The largest absolute Gasteiger partial charge is 0.340 e. The molecule has 1 aromatic heterocycles. The highest BCUT2D eigenvalue weighted by Crippen LogP contribution is 2.24. The Kier molecular flexibility index (Phi) is 4.80. The number of benzene rings is 2. The first-order chi connectivity index (χ1) is 13.1. The van der Waals surface area contributed by atoms with Crippen molar-refractivity contribution in [2.45, 2.75) is 19.3 Å². The molecule has 138 valence electrons. The highest BCUT2D eigenvalue weighted by Gasteiger charge is 2.30. The lowest BCUT2D eigenvalue weighted by Crippen LogP contribution is -2.43. The first-order valence-corrected chi connectivity index (χ1v) is 9.54. The van der Waals surface area contributed by atoms with E-state index in [4.69, 9.17) is 0 Å². The van der Waals surface area contributed by atoms with E-state index in [1.807, 2.05) is 77.2 Å². The maximum absolute atomic E-state index is 13.1. The molecule has 0 N–H and O–H groups in total. The summed E-state index contributed by atoms with van der Waals surface area (Å²) >= 11 is 0. The van der Waals surface area contributed by atoms with E-state index >= 15 is 0 Å². The summed E-state index contributed by atoms with van der Waals surface area (Å²) in [5.41, 5.74) is 2.78. The van der Waals surface area contributed by atoms with E-state index in [0.717, 1.165) is 35.9 Å². The molecule has 2 aromatic carbocycles. The van der Waals surface area contributed by atoms with Crippen LogP contribution >= 0.6 is 0 Å². The van der Waals surface area contributed by atoms with Crippen molar-refractivity contribution >= 4 is 22.6 Å². The highest BCUT2D eigenvalue weighted by molar-refractivity contribution is 5.99. The molecule has 4 nitrogen and oxygen atoms in total. The Labute approximate surface area is 159 Å². The van der Waals surface area contributed by atoms with Crippen molar-refractivity contribution in [2.75, 3.05) is 13.1 Å². The minimum atomic E-state index is -0.0717. The molecule has 0 unspecified atom stereocenters. The topological polar surface area (TPSA) is 42.3 Å². The number of aryl methyl sites for hydroxylation is 1. The number of likely N-dealkylation sites (tertiary alicyclic amines) is 1. The number of rotatable bonds is 4. The third-order valence-electron chi connectivity index (χ3n) is 5.56. The van der Waals surface area contributed by atoms with Gasteiger partial charge in [0.2, 0.25) is 0 Å². The van der Waals surface area contributed by atoms with Crippen LogP contribution in [0.25, 0.3) is 10.9 Å². The van der Waals surface area contributed by atoms with E-state index in [0.29, 0.717) is 18.7 Å². The fraction of sp³-hybridized carbons (Fsp3) is 0.304. The molecule has 4 rings (SSSR count). The normalized spacial score (nSPS) is 17.2. The van der Waals surface area contributed by atoms with Crippen LogP contribution < -0.4 is 0 Å². The van der Waals surface area contributed by atoms with Crippen molar-refractivity contribution in [1.82, 2.24) is 9.47 Å². The Morgan fingerprint density at radius 2 is 1.78 bits per heavy atom. The minimum Gasteiger partial charge on any atom is -0.340 e. The number of fused-ring (bicyclic) bond motifs is 1. The van der Waals surface area contributed by atoms with Crippen LogP contribution in [0.2, 0.25) is 0 Å². The van der Waals surface area contributed by atoms with Gasteiger partial charge in [0.1, 0.15) is 11.5 Å². The third kappa shape index (κ3) is 3.52. The number of ketones is 1. The summed E-state index contributed by atoms with van der Waals surface area (Å²) in [5, 5.41) is 1.07. The molecular weight excluding hydrogens is 336 g/mol. The summed E-state index contributed by atoms with van der Waals surface area (Å²) in [6.45, 7) is 1.24. The Morgan fingerprint density at radius 1 is 1.04 bits per heavy atom.